The number of para-hydroxylation sites is 1. The Morgan fingerprint density at radius 2 is 1.89 bits per heavy atom. The van der Waals surface area contributed by atoms with E-state index in [0.717, 1.165) is 18.4 Å². The zero-order chi connectivity index (χ0) is 20.1. The highest BCUT2D eigenvalue weighted by Gasteiger charge is 2.37. The van der Waals surface area contributed by atoms with Gasteiger partial charge in [-0.2, -0.15) is 4.31 Å². The lowest BCUT2D eigenvalue weighted by atomic mass is 10.0. The summed E-state index contributed by atoms with van der Waals surface area (Å²) in [4.78, 5) is 13.0. The minimum Gasteiger partial charge on any atom is -0.496 e. The van der Waals surface area contributed by atoms with Crippen molar-refractivity contribution in [1.29, 1.82) is 0 Å². The molecule has 0 aliphatic carbocycles. The van der Waals surface area contributed by atoms with Crippen molar-refractivity contribution in [2.45, 2.75) is 36.7 Å². The summed E-state index contributed by atoms with van der Waals surface area (Å²) in [5, 5.41) is 3.32. The van der Waals surface area contributed by atoms with Gasteiger partial charge in [0, 0.05) is 23.7 Å². The number of carbonyl (C=O) groups is 1. The molecule has 8 heteroatoms. The van der Waals surface area contributed by atoms with Crippen LogP contribution < -0.4 is 10.1 Å². The summed E-state index contributed by atoms with van der Waals surface area (Å²) in [5.41, 5.74) is 0.835. The van der Waals surface area contributed by atoms with E-state index in [0.29, 0.717) is 23.7 Å². The Kier molecular flexibility index (Phi) is 6.59. The Morgan fingerprint density at radius 3 is 2.61 bits per heavy atom. The van der Waals surface area contributed by atoms with Crippen molar-refractivity contribution in [3.8, 4) is 5.75 Å². The summed E-state index contributed by atoms with van der Waals surface area (Å²) < 4.78 is 32.7. The SMILES string of the molecule is COc1ccccc1CNC(=O)[C@H]1CCCCN1S(=O)(=O)c1ccc(Cl)cc1. The van der Waals surface area contributed by atoms with E-state index in [2.05, 4.69) is 5.32 Å². The van der Waals surface area contributed by atoms with Crippen LogP contribution in [0, 0.1) is 0 Å². The molecule has 1 amide bonds. The lowest BCUT2D eigenvalue weighted by Gasteiger charge is -2.33. The predicted molar refractivity (Wildman–Crippen MR) is 108 cm³/mol. The maximum Gasteiger partial charge on any atom is 0.243 e. The van der Waals surface area contributed by atoms with Crippen molar-refractivity contribution >= 4 is 27.5 Å². The van der Waals surface area contributed by atoms with Gasteiger partial charge in [0.25, 0.3) is 0 Å². The van der Waals surface area contributed by atoms with Gasteiger partial charge in [-0.05, 0) is 43.2 Å². The first-order chi connectivity index (χ1) is 13.4. The monoisotopic (exact) mass is 422 g/mol. The molecule has 2 aromatic carbocycles. The summed E-state index contributed by atoms with van der Waals surface area (Å²) in [6.07, 6.45) is 2.02. The molecule has 0 bridgehead atoms. The average Bonchev–Trinajstić information content (AvgIpc) is 2.72. The first-order valence-electron chi connectivity index (χ1n) is 9.10. The van der Waals surface area contributed by atoms with Crippen LogP contribution in [0.5, 0.6) is 5.75 Å². The van der Waals surface area contributed by atoms with Gasteiger partial charge in [0.1, 0.15) is 11.8 Å². The average molecular weight is 423 g/mol. The van der Waals surface area contributed by atoms with Gasteiger partial charge in [-0.25, -0.2) is 8.42 Å². The van der Waals surface area contributed by atoms with Crippen molar-refractivity contribution in [3.63, 3.8) is 0 Å². The van der Waals surface area contributed by atoms with Crippen LogP contribution >= 0.6 is 11.6 Å². The zero-order valence-corrected chi connectivity index (χ0v) is 17.2. The third-order valence-electron chi connectivity index (χ3n) is 4.82. The summed E-state index contributed by atoms with van der Waals surface area (Å²) in [5.74, 6) is 0.375. The van der Waals surface area contributed by atoms with Crippen LogP contribution in [-0.2, 0) is 21.4 Å². The standard InChI is InChI=1S/C20H23ClN2O4S/c1-27-19-8-3-2-6-15(19)14-22-20(24)18-7-4-5-13-23(18)28(25,26)17-11-9-16(21)10-12-17/h2-3,6,8-12,18H,4-5,7,13-14H2,1H3,(H,22,24)/t18-/m1/s1. The Labute approximate surface area is 170 Å². The lowest BCUT2D eigenvalue weighted by molar-refractivity contribution is -0.125. The fourth-order valence-corrected chi connectivity index (χ4v) is 5.13. The maximum atomic E-state index is 13.1. The first-order valence-corrected chi connectivity index (χ1v) is 10.9. The highest BCUT2D eigenvalue weighted by Crippen LogP contribution is 2.26. The van der Waals surface area contributed by atoms with E-state index < -0.39 is 16.1 Å². The minimum absolute atomic E-state index is 0.140. The molecule has 0 saturated carbocycles. The fourth-order valence-electron chi connectivity index (χ4n) is 3.35. The number of ether oxygens (including phenoxy) is 1. The van der Waals surface area contributed by atoms with Crippen LogP contribution in [-0.4, -0.2) is 38.3 Å². The third kappa shape index (κ3) is 4.48. The van der Waals surface area contributed by atoms with Gasteiger partial charge in [-0.3, -0.25) is 4.79 Å². The number of nitrogens with one attached hydrogen (secondary N) is 1. The largest absolute Gasteiger partial charge is 0.496 e. The van der Waals surface area contributed by atoms with Gasteiger partial charge in [-0.15, -0.1) is 0 Å². The smallest absolute Gasteiger partial charge is 0.243 e. The van der Waals surface area contributed by atoms with Gasteiger partial charge in [-0.1, -0.05) is 36.2 Å². The number of hydrogen-bond acceptors (Lipinski definition) is 4. The Hall–Kier alpha value is -2.09. The quantitative estimate of drug-likeness (QED) is 0.775. The Morgan fingerprint density at radius 1 is 1.18 bits per heavy atom. The topological polar surface area (TPSA) is 75.7 Å². The molecule has 0 spiro atoms. The minimum atomic E-state index is -3.78. The van der Waals surface area contributed by atoms with Crippen molar-refractivity contribution in [2.75, 3.05) is 13.7 Å². The van der Waals surface area contributed by atoms with Gasteiger partial charge >= 0.3 is 0 Å². The number of halogens is 1. The molecule has 1 atom stereocenters. The van der Waals surface area contributed by atoms with E-state index >= 15 is 0 Å². The molecular weight excluding hydrogens is 400 g/mol. The fraction of sp³-hybridized carbons (Fsp3) is 0.350. The van der Waals surface area contributed by atoms with Gasteiger partial charge in [0.05, 0.1) is 12.0 Å². The van der Waals surface area contributed by atoms with Gasteiger partial charge in [0.2, 0.25) is 15.9 Å². The number of sulfonamides is 1. The molecule has 1 aliphatic heterocycles. The summed E-state index contributed by atoms with van der Waals surface area (Å²) in [6, 6.07) is 12.7. The number of methoxy groups -OCH3 is 1. The number of rotatable bonds is 6. The molecule has 28 heavy (non-hydrogen) atoms. The Balaban J connectivity index is 1.77. The normalized spacial score (nSPS) is 17.9. The molecule has 1 aliphatic rings. The summed E-state index contributed by atoms with van der Waals surface area (Å²) in [7, 11) is -2.21. The predicted octanol–water partition coefficient (Wildman–Crippen LogP) is 3.21. The molecule has 0 radical (unpaired) electrons. The number of amides is 1. The molecule has 150 valence electrons. The molecule has 1 saturated heterocycles. The first kappa shape index (κ1) is 20.6. The Bertz CT molecular complexity index is 931. The molecule has 1 N–H and O–H groups in total. The van der Waals surface area contributed by atoms with Crippen LogP contribution in [0.3, 0.4) is 0 Å². The molecule has 2 aromatic rings. The zero-order valence-electron chi connectivity index (χ0n) is 15.6. The van der Waals surface area contributed by atoms with Crippen LogP contribution in [0.2, 0.25) is 5.02 Å². The van der Waals surface area contributed by atoms with Gasteiger partial charge < -0.3 is 10.1 Å². The van der Waals surface area contributed by atoms with E-state index in [4.69, 9.17) is 16.3 Å². The van der Waals surface area contributed by atoms with Crippen molar-refractivity contribution in [2.24, 2.45) is 0 Å². The highest BCUT2D eigenvalue weighted by molar-refractivity contribution is 7.89. The number of carbonyl (C=O) groups excluding carboxylic acids is 1. The highest BCUT2D eigenvalue weighted by atomic mass is 35.5. The van der Waals surface area contributed by atoms with Crippen LogP contribution in [0.25, 0.3) is 0 Å². The molecule has 1 fully saturated rings. The van der Waals surface area contributed by atoms with Crippen molar-refractivity contribution < 1.29 is 17.9 Å². The van der Waals surface area contributed by atoms with E-state index in [1.807, 2.05) is 24.3 Å². The number of piperidine rings is 1. The second-order valence-corrected chi connectivity index (χ2v) is 8.94. The third-order valence-corrected chi connectivity index (χ3v) is 7.00. The maximum absolute atomic E-state index is 13.1. The number of hydrogen-bond donors (Lipinski definition) is 1. The molecule has 0 unspecified atom stereocenters. The number of nitrogens with zero attached hydrogens (tertiary/aromatic N) is 1. The van der Waals surface area contributed by atoms with E-state index in [-0.39, 0.29) is 17.3 Å². The second-order valence-electron chi connectivity index (χ2n) is 6.61. The van der Waals surface area contributed by atoms with E-state index in [1.54, 1.807) is 7.11 Å². The van der Waals surface area contributed by atoms with Gasteiger partial charge in [0.15, 0.2) is 0 Å². The molecule has 3 rings (SSSR count). The molecular formula is C20H23ClN2O4S. The second kappa shape index (κ2) is 8.94. The van der Waals surface area contributed by atoms with E-state index in [1.165, 1.54) is 28.6 Å². The van der Waals surface area contributed by atoms with Crippen LogP contribution in [0.4, 0.5) is 0 Å². The molecule has 0 aromatic heterocycles. The number of benzene rings is 2. The van der Waals surface area contributed by atoms with Crippen molar-refractivity contribution in [1.82, 2.24) is 9.62 Å². The van der Waals surface area contributed by atoms with Crippen molar-refractivity contribution in [3.05, 3.63) is 59.1 Å². The summed E-state index contributed by atoms with van der Waals surface area (Å²) in [6.45, 7) is 0.589. The molecule has 1 heterocycles. The molecule has 6 nitrogen and oxygen atoms in total. The van der Waals surface area contributed by atoms with E-state index in [9.17, 15) is 13.2 Å². The van der Waals surface area contributed by atoms with Crippen LogP contribution in [0.15, 0.2) is 53.4 Å². The summed E-state index contributed by atoms with van der Waals surface area (Å²) >= 11 is 5.87. The van der Waals surface area contributed by atoms with Crippen LogP contribution in [0.1, 0.15) is 24.8 Å². The lowest BCUT2D eigenvalue weighted by Crippen LogP contribution is -2.51.